The summed E-state index contributed by atoms with van der Waals surface area (Å²) < 4.78 is 0. The number of nitrogens with zero attached hydrogens (tertiary/aromatic N) is 2. The lowest BCUT2D eigenvalue weighted by atomic mass is 10.0. The molecule has 0 aliphatic carbocycles. The smallest absolute Gasteiger partial charge is 0.123 e. The summed E-state index contributed by atoms with van der Waals surface area (Å²) in [6.45, 7) is 12.0. The lowest BCUT2D eigenvalue weighted by molar-refractivity contribution is 0.0591. The highest BCUT2D eigenvalue weighted by atomic mass is 15.3. The van der Waals surface area contributed by atoms with E-state index in [0.29, 0.717) is 0 Å². The minimum atomic E-state index is 0.161. The Balaban J connectivity index is 1.98. The number of rotatable bonds is 3. The van der Waals surface area contributed by atoms with Crippen molar-refractivity contribution in [1.82, 2.24) is 9.80 Å². The third kappa shape index (κ3) is 3.58. The second kappa shape index (κ2) is 5.94. The molecule has 0 bridgehead atoms. The maximum absolute atomic E-state index is 7.66. The van der Waals surface area contributed by atoms with Crippen molar-refractivity contribution in [2.75, 3.05) is 26.2 Å². The van der Waals surface area contributed by atoms with Crippen LogP contribution in [-0.4, -0.2) is 47.4 Å². The first-order valence-corrected chi connectivity index (χ1v) is 7.27. The fourth-order valence-corrected chi connectivity index (χ4v) is 2.74. The van der Waals surface area contributed by atoms with Crippen molar-refractivity contribution < 1.29 is 0 Å². The first-order valence-electron chi connectivity index (χ1n) is 7.27. The van der Waals surface area contributed by atoms with Crippen molar-refractivity contribution in [3.63, 3.8) is 0 Å². The highest BCUT2D eigenvalue weighted by molar-refractivity contribution is 5.96. The second-order valence-corrected chi connectivity index (χ2v) is 6.50. The predicted molar refractivity (Wildman–Crippen MR) is 84.1 cm³/mol. The topological polar surface area (TPSA) is 56.4 Å². The van der Waals surface area contributed by atoms with Gasteiger partial charge in [0.1, 0.15) is 5.84 Å². The zero-order chi connectivity index (χ0) is 14.8. The summed E-state index contributed by atoms with van der Waals surface area (Å²) in [4.78, 5) is 4.98. The first-order chi connectivity index (χ1) is 9.38. The molecule has 1 aromatic rings. The molecule has 20 heavy (non-hydrogen) atoms. The van der Waals surface area contributed by atoms with Crippen LogP contribution in [0, 0.1) is 5.41 Å². The molecule has 4 heteroatoms. The maximum atomic E-state index is 7.66. The van der Waals surface area contributed by atoms with Crippen LogP contribution in [0.2, 0.25) is 0 Å². The molecule has 2 rings (SSSR count). The summed E-state index contributed by atoms with van der Waals surface area (Å²) in [5.74, 6) is 0.161. The van der Waals surface area contributed by atoms with Crippen LogP contribution in [0.15, 0.2) is 24.3 Å². The highest BCUT2D eigenvalue weighted by Crippen LogP contribution is 2.18. The number of nitrogen functional groups attached to an aromatic ring is 1. The molecule has 1 aliphatic rings. The maximum Gasteiger partial charge on any atom is 0.123 e. The molecule has 0 amide bonds. The van der Waals surface area contributed by atoms with Gasteiger partial charge in [0.25, 0.3) is 0 Å². The van der Waals surface area contributed by atoms with Crippen molar-refractivity contribution >= 4 is 5.84 Å². The molecule has 1 heterocycles. The Morgan fingerprint density at radius 2 is 1.75 bits per heavy atom. The standard InChI is InChI=1S/C16H26N4/c1-16(2,3)20-10-8-19(9-11-20)12-13-6-4-5-7-14(13)15(17)18/h4-7H,8-12H2,1-3H3,(H3,17,18). The third-order valence-corrected chi connectivity index (χ3v) is 4.02. The van der Waals surface area contributed by atoms with Crippen molar-refractivity contribution in [2.24, 2.45) is 5.73 Å². The number of benzene rings is 1. The van der Waals surface area contributed by atoms with Gasteiger partial charge in [-0.2, -0.15) is 0 Å². The van der Waals surface area contributed by atoms with Gasteiger partial charge in [-0.1, -0.05) is 24.3 Å². The van der Waals surface area contributed by atoms with Gasteiger partial charge in [0, 0.05) is 43.8 Å². The Morgan fingerprint density at radius 3 is 2.30 bits per heavy atom. The van der Waals surface area contributed by atoms with Crippen LogP contribution in [-0.2, 0) is 6.54 Å². The molecule has 0 spiro atoms. The zero-order valence-corrected chi connectivity index (χ0v) is 12.8. The Bertz CT molecular complexity index is 468. The van der Waals surface area contributed by atoms with Gasteiger partial charge in [-0.25, -0.2) is 0 Å². The fourth-order valence-electron chi connectivity index (χ4n) is 2.74. The Labute approximate surface area is 122 Å². The van der Waals surface area contributed by atoms with Crippen LogP contribution in [0.5, 0.6) is 0 Å². The zero-order valence-electron chi connectivity index (χ0n) is 12.8. The largest absolute Gasteiger partial charge is 0.384 e. The van der Waals surface area contributed by atoms with E-state index in [4.69, 9.17) is 11.1 Å². The van der Waals surface area contributed by atoms with E-state index < -0.39 is 0 Å². The van der Waals surface area contributed by atoms with E-state index in [-0.39, 0.29) is 11.4 Å². The van der Waals surface area contributed by atoms with Crippen LogP contribution in [0.3, 0.4) is 0 Å². The van der Waals surface area contributed by atoms with Gasteiger partial charge in [-0.15, -0.1) is 0 Å². The van der Waals surface area contributed by atoms with Gasteiger partial charge in [-0.05, 0) is 26.3 Å². The number of hydrogen-bond acceptors (Lipinski definition) is 3. The Hall–Kier alpha value is -1.39. The quantitative estimate of drug-likeness (QED) is 0.654. The van der Waals surface area contributed by atoms with E-state index in [1.807, 2.05) is 18.2 Å². The third-order valence-electron chi connectivity index (χ3n) is 4.02. The lowest BCUT2D eigenvalue weighted by Gasteiger charge is -2.42. The van der Waals surface area contributed by atoms with Gasteiger partial charge >= 0.3 is 0 Å². The molecule has 1 aliphatic heterocycles. The van der Waals surface area contributed by atoms with E-state index in [1.165, 1.54) is 0 Å². The number of piperazine rings is 1. The summed E-state index contributed by atoms with van der Waals surface area (Å²) in [5, 5.41) is 7.66. The number of hydrogen-bond donors (Lipinski definition) is 2. The predicted octanol–water partition coefficient (Wildman–Crippen LogP) is 1.89. The average molecular weight is 274 g/mol. The summed E-state index contributed by atoms with van der Waals surface area (Å²) in [5.41, 5.74) is 7.93. The van der Waals surface area contributed by atoms with E-state index in [1.54, 1.807) is 0 Å². The molecule has 1 aromatic carbocycles. The number of amidine groups is 1. The SMILES string of the molecule is CC(C)(C)N1CCN(Cc2ccccc2C(=N)N)CC1. The van der Waals surface area contributed by atoms with E-state index in [2.05, 4.69) is 36.6 Å². The summed E-state index contributed by atoms with van der Waals surface area (Å²) in [7, 11) is 0. The molecule has 1 fully saturated rings. The van der Waals surface area contributed by atoms with Gasteiger partial charge in [0.05, 0.1) is 0 Å². The average Bonchev–Trinajstić information content (AvgIpc) is 2.38. The molecule has 0 unspecified atom stereocenters. The molecule has 4 nitrogen and oxygen atoms in total. The van der Waals surface area contributed by atoms with Crippen molar-refractivity contribution in [3.05, 3.63) is 35.4 Å². The minimum absolute atomic E-state index is 0.161. The van der Waals surface area contributed by atoms with E-state index >= 15 is 0 Å². The van der Waals surface area contributed by atoms with E-state index in [9.17, 15) is 0 Å². The van der Waals surface area contributed by atoms with Gasteiger partial charge in [0.15, 0.2) is 0 Å². The highest BCUT2D eigenvalue weighted by Gasteiger charge is 2.25. The number of nitrogens with one attached hydrogen (secondary N) is 1. The molecule has 110 valence electrons. The monoisotopic (exact) mass is 274 g/mol. The Kier molecular flexibility index (Phi) is 4.45. The van der Waals surface area contributed by atoms with E-state index in [0.717, 1.165) is 43.9 Å². The molecule has 3 N–H and O–H groups in total. The lowest BCUT2D eigenvalue weighted by Crippen LogP contribution is -2.53. The second-order valence-electron chi connectivity index (χ2n) is 6.50. The van der Waals surface area contributed by atoms with Crippen molar-refractivity contribution in [2.45, 2.75) is 32.9 Å². The normalized spacial score (nSPS) is 18.1. The molecule has 1 saturated heterocycles. The Morgan fingerprint density at radius 1 is 1.15 bits per heavy atom. The fraction of sp³-hybridized carbons (Fsp3) is 0.562. The molecule has 0 atom stereocenters. The molecular weight excluding hydrogens is 248 g/mol. The summed E-state index contributed by atoms with van der Waals surface area (Å²) in [6, 6.07) is 7.97. The van der Waals surface area contributed by atoms with Crippen LogP contribution >= 0.6 is 0 Å². The molecule has 0 saturated carbocycles. The van der Waals surface area contributed by atoms with Gasteiger partial charge in [-0.3, -0.25) is 15.2 Å². The van der Waals surface area contributed by atoms with Gasteiger partial charge < -0.3 is 5.73 Å². The van der Waals surface area contributed by atoms with Crippen molar-refractivity contribution in [1.29, 1.82) is 5.41 Å². The number of nitrogens with two attached hydrogens (primary N) is 1. The van der Waals surface area contributed by atoms with Crippen LogP contribution < -0.4 is 5.73 Å². The van der Waals surface area contributed by atoms with Crippen LogP contribution in [0.4, 0.5) is 0 Å². The molecule has 0 aromatic heterocycles. The van der Waals surface area contributed by atoms with Crippen molar-refractivity contribution in [3.8, 4) is 0 Å². The molecular formula is C16H26N4. The summed E-state index contributed by atoms with van der Waals surface area (Å²) in [6.07, 6.45) is 0. The first kappa shape index (κ1) is 15.0. The molecule has 0 radical (unpaired) electrons. The van der Waals surface area contributed by atoms with Crippen LogP contribution in [0.25, 0.3) is 0 Å². The van der Waals surface area contributed by atoms with Crippen LogP contribution in [0.1, 0.15) is 31.9 Å². The van der Waals surface area contributed by atoms with Gasteiger partial charge in [0.2, 0.25) is 0 Å². The summed E-state index contributed by atoms with van der Waals surface area (Å²) >= 11 is 0. The minimum Gasteiger partial charge on any atom is -0.384 e.